The summed E-state index contributed by atoms with van der Waals surface area (Å²) < 4.78 is 0.962. The van der Waals surface area contributed by atoms with E-state index in [0.717, 1.165) is 21.4 Å². The summed E-state index contributed by atoms with van der Waals surface area (Å²) in [6.07, 6.45) is 1.55. The zero-order chi connectivity index (χ0) is 19.9. The Kier molecular flexibility index (Phi) is 6.85. The molecule has 3 aromatic rings. The number of halogens is 2. The Labute approximate surface area is 178 Å². The number of hydrazone groups is 1. The van der Waals surface area contributed by atoms with Crippen LogP contribution in [0, 0.1) is 0 Å². The number of rotatable bonds is 6. The largest absolute Gasteiger partial charge is 0.296 e. The van der Waals surface area contributed by atoms with Crippen LogP contribution in [-0.2, 0) is 11.2 Å². The molecule has 0 spiro atoms. The summed E-state index contributed by atoms with van der Waals surface area (Å²) in [6, 6.07) is 13.9. The SMILES string of the molecule is O=C(Cc1nnc(NC(=O)c2ccc(Cl)cc2)s1)NN=Cc1ccc(Br)cc1. The quantitative estimate of drug-likeness (QED) is 0.415. The molecule has 0 aliphatic heterocycles. The van der Waals surface area contributed by atoms with Crippen LogP contribution in [0.4, 0.5) is 5.13 Å². The number of amides is 2. The zero-order valence-electron chi connectivity index (χ0n) is 14.2. The number of carbonyl (C=O) groups is 2. The molecule has 0 atom stereocenters. The molecule has 0 bridgehead atoms. The van der Waals surface area contributed by atoms with Crippen molar-refractivity contribution in [2.45, 2.75) is 6.42 Å². The number of nitrogens with one attached hydrogen (secondary N) is 2. The smallest absolute Gasteiger partial charge is 0.257 e. The van der Waals surface area contributed by atoms with Crippen LogP contribution in [0.1, 0.15) is 20.9 Å². The van der Waals surface area contributed by atoms with Crippen LogP contribution in [0.5, 0.6) is 0 Å². The zero-order valence-corrected chi connectivity index (χ0v) is 17.4. The standard InChI is InChI=1S/C18H13BrClN5O2S/c19-13-5-1-11(2-6-13)10-21-23-15(26)9-16-24-25-18(28-16)22-17(27)12-3-7-14(20)8-4-12/h1-8,10H,9H2,(H,23,26)(H,22,25,27). The summed E-state index contributed by atoms with van der Waals surface area (Å²) in [5, 5.41) is 15.6. The van der Waals surface area contributed by atoms with E-state index in [2.05, 4.69) is 42.0 Å². The summed E-state index contributed by atoms with van der Waals surface area (Å²) in [5.41, 5.74) is 3.73. The topological polar surface area (TPSA) is 96.3 Å². The molecular weight excluding hydrogens is 466 g/mol. The van der Waals surface area contributed by atoms with E-state index in [0.29, 0.717) is 20.7 Å². The monoisotopic (exact) mass is 477 g/mol. The van der Waals surface area contributed by atoms with Crippen LogP contribution >= 0.6 is 38.9 Å². The first kappa shape index (κ1) is 20.1. The number of benzene rings is 2. The molecule has 1 aromatic heterocycles. The Morgan fingerprint density at radius 1 is 1.11 bits per heavy atom. The van der Waals surface area contributed by atoms with Gasteiger partial charge in [0.05, 0.1) is 12.6 Å². The van der Waals surface area contributed by atoms with Gasteiger partial charge in [-0.2, -0.15) is 5.10 Å². The lowest BCUT2D eigenvalue weighted by Gasteiger charge is -2.00. The van der Waals surface area contributed by atoms with E-state index in [1.807, 2.05) is 24.3 Å². The fourth-order valence-electron chi connectivity index (χ4n) is 2.05. The van der Waals surface area contributed by atoms with Gasteiger partial charge in [-0.3, -0.25) is 14.9 Å². The number of nitrogens with zero attached hydrogens (tertiary/aromatic N) is 3. The van der Waals surface area contributed by atoms with Gasteiger partial charge >= 0.3 is 0 Å². The second kappa shape index (κ2) is 9.54. The van der Waals surface area contributed by atoms with Crippen LogP contribution < -0.4 is 10.7 Å². The second-order valence-electron chi connectivity index (χ2n) is 5.48. The lowest BCUT2D eigenvalue weighted by atomic mass is 10.2. The van der Waals surface area contributed by atoms with Crippen molar-refractivity contribution in [1.82, 2.24) is 15.6 Å². The number of anilines is 1. The second-order valence-corrected chi connectivity index (χ2v) is 7.90. The normalized spacial score (nSPS) is 10.8. The fourth-order valence-corrected chi connectivity index (χ4v) is 3.17. The van der Waals surface area contributed by atoms with Gasteiger partial charge in [-0.25, -0.2) is 5.43 Å². The Morgan fingerprint density at radius 3 is 2.54 bits per heavy atom. The maximum atomic E-state index is 12.1. The maximum absolute atomic E-state index is 12.1. The predicted molar refractivity (Wildman–Crippen MR) is 113 cm³/mol. The van der Waals surface area contributed by atoms with Gasteiger partial charge < -0.3 is 0 Å². The van der Waals surface area contributed by atoms with Crippen molar-refractivity contribution >= 4 is 62.0 Å². The molecule has 0 radical (unpaired) electrons. The average Bonchev–Trinajstić information content (AvgIpc) is 3.10. The lowest BCUT2D eigenvalue weighted by Crippen LogP contribution is -2.19. The van der Waals surface area contributed by atoms with Gasteiger partial charge in [0.2, 0.25) is 11.0 Å². The molecule has 0 fully saturated rings. The number of hydrogen-bond acceptors (Lipinski definition) is 6. The fraction of sp³-hybridized carbons (Fsp3) is 0.0556. The van der Waals surface area contributed by atoms with Gasteiger partial charge in [-0.15, -0.1) is 10.2 Å². The van der Waals surface area contributed by atoms with Crippen molar-refractivity contribution in [1.29, 1.82) is 0 Å². The van der Waals surface area contributed by atoms with E-state index >= 15 is 0 Å². The number of aromatic nitrogens is 2. The van der Waals surface area contributed by atoms with Crippen molar-refractivity contribution in [3.05, 3.63) is 74.2 Å². The summed E-state index contributed by atoms with van der Waals surface area (Å²) in [4.78, 5) is 24.1. The van der Waals surface area contributed by atoms with Crippen molar-refractivity contribution < 1.29 is 9.59 Å². The summed E-state index contributed by atoms with van der Waals surface area (Å²) >= 11 is 10.3. The minimum absolute atomic E-state index is 0.00611. The highest BCUT2D eigenvalue weighted by Crippen LogP contribution is 2.17. The Bertz CT molecular complexity index is 1010. The summed E-state index contributed by atoms with van der Waals surface area (Å²) in [5.74, 6) is -0.664. The third-order valence-electron chi connectivity index (χ3n) is 3.38. The van der Waals surface area contributed by atoms with E-state index in [4.69, 9.17) is 11.6 Å². The average molecular weight is 479 g/mol. The Balaban J connectivity index is 1.50. The molecule has 0 unspecified atom stereocenters. The van der Waals surface area contributed by atoms with Crippen molar-refractivity contribution in [2.75, 3.05) is 5.32 Å². The molecule has 0 aliphatic carbocycles. The van der Waals surface area contributed by atoms with Gasteiger partial charge in [0.25, 0.3) is 5.91 Å². The molecule has 28 heavy (non-hydrogen) atoms. The third-order valence-corrected chi connectivity index (χ3v) is 5.00. The van der Waals surface area contributed by atoms with Gasteiger partial charge in [0.15, 0.2) is 0 Å². The minimum atomic E-state index is -0.333. The number of hydrogen-bond donors (Lipinski definition) is 2. The van der Waals surface area contributed by atoms with E-state index < -0.39 is 0 Å². The van der Waals surface area contributed by atoms with E-state index in [1.54, 1.807) is 30.5 Å². The molecule has 1 heterocycles. The highest BCUT2D eigenvalue weighted by atomic mass is 79.9. The van der Waals surface area contributed by atoms with Crippen LogP contribution in [0.2, 0.25) is 5.02 Å². The molecule has 0 saturated heterocycles. The van der Waals surface area contributed by atoms with E-state index in [9.17, 15) is 9.59 Å². The molecule has 2 N–H and O–H groups in total. The molecule has 3 rings (SSSR count). The Morgan fingerprint density at radius 2 is 1.82 bits per heavy atom. The van der Waals surface area contributed by atoms with Crippen molar-refractivity contribution in [3.63, 3.8) is 0 Å². The van der Waals surface area contributed by atoms with Gasteiger partial charge in [-0.05, 0) is 42.0 Å². The molecule has 142 valence electrons. The van der Waals surface area contributed by atoms with Gasteiger partial charge in [-0.1, -0.05) is 51.0 Å². The molecule has 2 aromatic carbocycles. The van der Waals surface area contributed by atoms with Gasteiger partial charge in [0.1, 0.15) is 5.01 Å². The van der Waals surface area contributed by atoms with Crippen LogP contribution in [-0.4, -0.2) is 28.2 Å². The van der Waals surface area contributed by atoms with Crippen LogP contribution in [0.25, 0.3) is 0 Å². The molecule has 0 saturated carbocycles. The van der Waals surface area contributed by atoms with E-state index in [-0.39, 0.29) is 18.2 Å². The molecule has 2 amide bonds. The van der Waals surface area contributed by atoms with Crippen molar-refractivity contribution in [3.8, 4) is 0 Å². The first-order valence-electron chi connectivity index (χ1n) is 7.96. The number of carbonyl (C=O) groups excluding carboxylic acids is 2. The highest BCUT2D eigenvalue weighted by Gasteiger charge is 2.12. The summed E-state index contributed by atoms with van der Waals surface area (Å²) in [6.45, 7) is 0. The lowest BCUT2D eigenvalue weighted by molar-refractivity contribution is -0.120. The first-order chi connectivity index (χ1) is 13.5. The van der Waals surface area contributed by atoms with E-state index in [1.165, 1.54) is 0 Å². The third kappa shape index (κ3) is 5.95. The van der Waals surface area contributed by atoms with Crippen LogP contribution in [0.15, 0.2) is 58.1 Å². The predicted octanol–water partition coefficient (Wildman–Crippen LogP) is 3.90. The minimum Gasteiger partial charge on any atom is -0.296 e. The molecule has 0 aliphatic rings. The molecule has 10 heteroatoms. The Hall–Kier alpha value is -2.62. The summed E-state index contributed by atoms with van der Waals surface area (Å²) in [7, 11) is 0. The van der Waals surface area contributed by atoms with Gasteiger partial charge in [0, 0.05) is 15.1 Å². The van der Waals surface area contributed by atoms with Crippen molar-refractivity contribution in [2.24, 2.45) is 5.10 Å². The maximum Gasteiger partial charge on any atom is 0.257 e. The molecule has 7 nitrogen and oxygen atoms in total. The highest BCUT2D eigenvalue weighted by molar-refractivity contribution is 9.10. The molecular formula is C18H13BrClN5O2S. The van der Waals surface area contributed by atoms with Crippen LogP contribution in [0.3, 0.4) is 0 Å². The first-order valence-corrected chi connectivity index (χ1v) is 9.95.